The summed E-state index contributed by atoms with van der Waals surface area (Å²) in [5, 5.41) is 0.115. The lowest BCUT2D eigenvalue weighted by Gasteiger charge is -1.98. The lowest BCUT2D eigenvalue weighted by molar-refractivity contribution is 0.606. The molecule has 0 aliphatic heterocycles. The normalized spacial score (nSPS) is 11.6. The molecule has 0 radical (unpaired) electrons. The van der Waals surface area contributed by atoms with E-state index in [9.17, 15) is 8.42 Å². The summed E-state index contributed by atoms with van der Waals surface area (Å²) >= 11 is 5.66. The molecule has 0 unspecified atom stereocenters. The van der Waals surface area contributed by atoms with Crippen molar-refractivity contribution in [3.63, 3.8) is 0 Å². The summed E-state index contributed by atoms with van der Waals surface area (Å²) in [5.74, 6) is 0. The second-order valence-electron chi connectivity index (χ2n) is 2.21. The first kappa shape index (κ1) is 9.77. The lowest BCUT2D eigenvalue weighted by Crippen LogP contribution is -1.95. The molecule has 0 spiro atoms. The highest BCUT2D eigenvalue weighted by Crippen LogP contribution is 2.19. The Kier molecular flexibility index (Phi) is 2.61. The van der Waals surface area contributed by atoms with Gasteiger partial charge in [0.25, 0.3) is 9.05 Å². The molecule has 1 heterocycles. The van der Waals surface area contributed by atoms with Gasteiger partial charge in [-0.3, -0.25) is 0 Å². The first-order chi connectivity index (χ1) is 5.41. The molecular weight excluding hydrogens is 221 g/mol. The topological polar surface area (TPSA) is 47.0 Å². The number of aromatic nitrogens is 1. The molecule has 0 aliphatic rings. The van der Waals surface area contributed by atoms with Crippen molar-refractivity contribution in [3.05, 3.63) is 22.8 Å². The molecule has 0 bridgehead atoms. The molecule has 12 heavy (non-hydrogen) atoms. The van der Waals surface area contributed by atoms with Crippen molar-refractivity contribution in [1.82, 2.24) is 4.98 Å². The van der Waals surface area contributed by atoms with Crippen molar-refractivity contribution in [2.24, 2.45) is 0 Å². The first-order valence-electron chi connectivity index (χ1n) is 2.98. The van der Waals surface area contributed by atoms with Gasteiger partial charge in [-0.2, -0.15) is 0 Å². The Morgan fingerprint density at radius 2 is 2.08 bits per heavy atom. The van der Waals surface area contributed by atoms with Gasteiger partial charge in [0.1, 0.15) is 0 Å². The van der Waals surface area contributed by atoms with Gasteiger partial charge in [-0.05, 0) is 18.6 Å². The van der Waals surface area contributed by atoms with Gasteiger partial charge in [0, 0.05) is 21.9 Å². The SMILES string of the molecule is Cc1cnc(S(=O)(=O)Cl)cc1Cl. The fourth-order valence-electron chi connectivity index (χ4n) is 0.615. The zero-order valence-electron chi connectivity index (χ0n) is 6.08. The highest BCUT2D eigenvalue weighted by atomic mass is 35.7. The van der Waals surface area contributed by atoms with E-state index in [1.807, 2.05) is 0 Å². The van der Waals surface area contributed by atoms with Gasteiger partial charge in [-0.15, -0.1) is 0 Å². The van der Waals surface area contributed by atoms with E-state index in [1.165, 1.54) is 12.3 Å². The third kappa shape index (κ3) is 2.09. The van der Waals surface area contributed by atoms with E-state index in [0.717, 1.165) is 0 Å². The number of halogens is 2. The zero-order chi connectivity index (χ0) is 9.35. The van der Waals surface area contributed by atoms with Crippen LogP contribution in [0.15, 0.2) is 17.3 Å². The lowest BCUT2D eigenvalue weighted by atomic mass is 10.3. The molecule has 1 aromatic rings. The van der Waals surface area contributed by atoms with E-state index < -0.39 is 9.05 Å². The molecule has 0 aliphatic carbocycles. The molecule has 0 saturated heterocycles. The van der Waals surface area contributed by atoms with Crippen LogP contribution >= 0.6 is 22.3 Å². The standard InChI is InChI=1S/C6H5Cl2NO2S/c1-4-3-9-6(2-5(4)7)12(8,10)11/h2-3H,1H3. The summed E-state index contributed by atoms with van der Waals surface area (Å²) in [5.41, 5.74) is 0.709. The zero-order valence-corrected chi connectivity index (χ0v) is 8.41. The summed E-state index contributed by atoms with van der Waals surface area (Å²) in [6.45, 7) is 1.72. The van der Waals surface area contributed by atoms with Crippen LogP contribution in [0.2, 0.25) is 5.02 Å². The summed E-state index contributed by atoms with van der Waals surface area (Å²) in [7, 11) is 1.27. The molecule has 0 aromatic carbocycles. The van der Waals surface area contributed by atoms with Gasteiger partial charge in [-0.25, -0.2) is 13.4 Å². The van der Waals surface area contributed by atoms with Crippen molar-refractivity contribution in [1.29, 1.82) is 0 Å². The van der Waals surface area contributed by atoms with E-state index in [4.69, 9.17) is 22.3 Å². The molecule has 1 aromatic heterocycles. The molecule has 0 saturated carbocycles. The number of aryl methyl sites for hydroxylation is 1. The predicted octanol–water partition coefficient (Wildman–Crippen LogP) is 1.97. The van der Waals surface area contributed by atoms with E-state index >= 15 is 0 Å². The van der Waals surface area contributed by atoms with E-state index in [2.05, 4.69) is 4.98 Å². The second kappa shape index (κ2) is 3.20. The maximum atomic E-state index is 10.7. The van der Waals surface area contributed by atoms with E-state index in [1.54, 1.807) is 6.92 Å². The van der Waals surface area contributed by atoms with E-state index in [-0.39, 0.29) is 5.03 Å². The first-order valence-corrected chi connectivity index (χ1v) is 5.67. The fraction of sp³-hybridized carbons (Fsp3) is 0.167. The molecule has 0 N–H and O–H groups in total. The smallest absolute Gasteiger partial charge is 0.243 e. The van der Waals surface area contributed by atoms with Crippen LogP contribution in [0.4, 0.5) is 0 Å². The third-order valence-electron chi connectivity index (χ3n) is 1.26. The van der Waals surface area contributed by atoms with Crippen molar-refractivity contribution >= 4 is 31.3 Å². The minimum absolute atomic E-state index is 0.222. The van der Waals surface area contributed by atoms with Crippen LogP contribution in [0.1, 0.15) is 5.56 Å². The second-order valence-corrected chi connectivity index (χ2v) is 5.13. The van der Waals surface area contributed by atoms with Crippen molar-refractivity contribution in [2.75, 3.05) is 0 Å². The van der Waals surface area contributed by atoms with Crippen LogP contribution in [0.25, 0.3) is 0 Å². The van der Waals surface area contributed by atoms with Crippen LogP contribution in [0.3, 0.4) is 0 Å². The average Bonchev–Trinajstić information content (AvgIpc) is 1.92. The highest BCUT2D eigenvalue weighted by molar-refractivity contribution is 8.13. The minimum Gasteiger partial charge on any atom is -0.243 e. The summed E-state index contributed by atoms with van der Waals surface area (Å²) in [4.78, 5) is 3.61. The molecule has 0 atom stereocenters. The Balaban J connectivity index is 3.33. The predicted molar refractivity (Wildman–Crippen MR) is 47.0 cm³/mol. The van der Waals surface area contributed by atoms with Gasteiger partial charge in [0.15, 0.2) is 5.03 Å². The third-order valence-corrected chi connectivity index (χ3v) is 2.87. The van der Waals surface area contributed by atoms with Crippen molar-refractivity contribution in [2.45, 2.75) is 11.9 Å². The monoisotopic (exact) mass is 225 g/mol. The fourth-order valence-corrected chi connectivity index (χ4v) is 1.52. The van der Waals surface area contributed by atoms with Gasteiger partial charge >= 0.3 is 0 Å². The Morgan fingerprint density at radius 1 is 1.50 bits per heavy atom. The molecule has 0 fully saturated rings. The maximum absolute atomic E-state index is 10.7. The average molecular weight is 226 g/mol. The maximum Gasteiger partial charge on any atom is 0.278 e. The molecule has 6 heteroatoms. The number of nitrogens with zero attached hydrogens (tertiary/aromatic N) is 1. The van der Waals surface area contributed by atoms with Crippen LogP contribution in [0.5, 0.6) is 0 Å². The van der Waals surface area contributed by atoms with Gasteiger partial charge < -0.3 is 0 Å². The highest BCUT2D eigenvalue weighted by Gasteiger charge is 2.12. The van der Waals surface area contributed by atoms with Crippen LogP contribution < -0.4 is 0 Å². The minimum atomic E-state index is -3.77. The van der Waals surface area contributed by atoms with Crippen LogP contribution in [0, 0.1) is 6.92 Å². The largest absolute Gasteiger partial charge is 0.278 e. The molecule has 66 valence electrons. The number of hydrogen-bond donors (Lipinski definition) is 0. The summed E-state index contributed by atoms with van der Waals surface area (Å²) < 4.78 is 21.5. The number of rotatable bonds is 1. The summed E-state index contributed by atoms with van der Waals surface area (Å²) in [6.07, 6.45) is 1.36. The molecule has 3 nitrogen and oxygen atoms in total. The van der Waals surface area contributed by atoms with Crippen LogP contribution in [-0.4, -0.2) is 13.4 Å². The van der Waals surface area contributed by atoms with Gasteiger partial charge in [-0.1, -0.05) is 11.6 Å². The van der Waals surface area contributed by atoms with Crippen molar-refractivity contribution in [3.8, 4) is 0 Å². The Labute approximate surface area is 79.8 Å². The van der Waals surface area contributed by atoms with Crippen molar-refractivity contribution < 1.29 is 8.42 Å². The number of pyridine rings is 1. The molecular formula is C6H5Cl2NO2S. The molecule has 1 rings (SSSR count). The molecule has 0 amide bonds. The van der Waals surface area contributed by atoms with E-state index in [0.29, 0.717) is 10.6 Å². The van der Waals surface area contributed by atoms with Crippen LogP contribution in [-0.2, 0) is 9.05 Å². The quantitative estimate of drug-likeness (QED) is 0.687. The summed E-state index contributed by atoms with van der Waals surface area (Å²) in [6, 6.07) is 1.22. The number of hydrogen-bond acceptors (Lipinski definition) is 3. The Bertz CT molecular complexity index is 402. The van der Waals surface area contributed by atoms with Gasteiger partial charge in [0.05, 0.1) is 0 Å². The van der Waals surface area contributed by atoms with Gasteiger partial charge in [0.2, 0.25) is 0 Å². The Morgan fingerprint density at radius 3 is 2.50 bits per heavy atom. The Hall–Kier alpha value is -0.320.